The van der Waals surface area contributed by atoms with Gasteiger partial charge in [0, 0.05) is 12.2 Å². The first-order chi connectivity index (χ1) is 11.3. The van der Waals surface area contributed by atoms with E-state index < -0.39 is 0 Å². The number of para-hydroxylation sites is 1. The first-order valence-electron chi connectivity index (χ1n) is 7.93. The van der Waals surface area contributed by atoms with Gasteiger partial charge in [-0.1, -0.05) is 78.9 Å². The standard InChI is InChI=1S/C22H21N/c1-18-9-8-12-20(17-23-21-13-6-3-7-14-21)22(18)16-15-19-10-4-2-5-11-19/h2-16,23H,17H2,1H3/b16-15+. The minimum Gasteiger partial charge on any atom is -0.381 e. The van der Waals surface area contributed by atoms with Gasteiger partial charge in [-0.2, -0.15) is 0 Å². The van der Waals surface area contributed by atoms with Gasteiger partial charge in [-0.15, -0.1) is 0 Å². The number of nitrogens with one attached hydrogen (secondary N) is 1. The molecule has 3 aromatic carbocycles. The predicted octanol–water partition coefficient (Wildman–Crippen LogP) is 5.78. The average Bonchev–Trinajstić information content (AvgIpc) is 2.61. The first-order valence-corrected chi connectivity index (χ1v) is 7.93. The van der Waals surface area contributed by atoms with Crippen LogP contribution in [0.25, 0.3) is 12.2 Å². The third-order valence-corrected chi connectivity index (χ3v) is 3.91. The molecule has 3 rings (SSSR count). The Balaban J connectivity index is 1.81. The Kier molecular flexibility index (Phi) is 4.90. The molecule has 3 aromatic rings. The topological polar surface area (TPSA) is 12.0 Å². The highest BCUT2D eigenvalue weighted by Crippen LogP contribution is 2.19. The molecular weight excluding hydrogens is 278 g/mol. The Hall–Kier alpha value is -2.80. The van der Waals surface area contributed by atoms with Crippen LogP contribution in [0.5, 0.6) is 0 Å². The molecule has 0 atom stereocenters. The molecule has 0 aliphatic heterocycles. The maximum atomic E-state index is 3.49. The van der Waals surface area contributed by atoms with E-state index in [2.05, 4.69) is 91.1 Å². The quantitative estimate of drug-likeness (QED) is 0.589. The molecule has 0 heterocycles. The van der Waals surface area contributed by atoms with E-state index in [4.69, 9.17) is 0 Å². The van der Waals surface area contributed by atoms with Gasteiger partial charge in [-0.25, -0.2) is 0 Å². The third kappa shape index (κ3) is 4.10. The molecule has 0 unspecified atom stereocenters. The van der Waals surface area contributed by atoms with Gasteiger partial charge in [-0.3, -0.25) is 0 Å². The number of benzene rings is 3. The summed E-state index contributed by atoms with van der Waals surface area (Å²) in [6.07, 6.45) is 4.39. The summed E-state index contributed by atoms with van der Waals surface area (Å²) < 4.78 is 0. The maximum Gasteiger partial charge on any atom is 0.0406 e. The second-order valence-electron chi connectivity index (χ2n) is 5.61. The lowest BCUT2D eigenvalue weighted by Gasteiger charge is -2.11. The van der Waals surface area contributed by atoms with Gasteiger partial charge in [0.1, 0.15) is 0 Å². The smallest absolute Gasteiger partial charge is 0.0406 e. The molecule has 0 amide bonds. The molecule has 0 bridgehead atoms. The fourth-order valence-corrected chi connectivity index (χ4v) is 2.63. The zero-order valence-electron chi connectivity index (χ0n) is 13.4. The van der Waals surface area contributed by atoms with E-state index in [9.17, 15) is 0 Å². The van der Waals surface area contributed by atoms with Crippen LogP contribution in [0.15, 0.2) is 78.9 Å². The Morgan fingerprint density at radius 3 is 2.17 bits per heavy atom. The molecule has 0 aliphatic carbocycles. The van der Waals surface area contributed by atoms with E-state index >= 15 is 0 Å². The largest absolute Gasteiger partial charge is 0.381 e. The Bertz CT molecular complexity index is 774. The van der Waals surface area contributed by atoms with Crippen molar-refractivity contribution in [2.75, 3.05) is 5.32 Å². The number of aryl methyl sites for hydroxylation is 1. The summed E-state index contributed by atoms with van der Waals surface area (Å²) >= 11 is 0. The van der Waals surface area contributed by atoms with E-state index in [0.29, 0.717) is 0 Å². The van der Waals surface area contributed by atoms with Crippen molar-refractivity contribution < 1.29 is 0 Å². The van der Waals surface area contributed by atoms with E-state index in [-0.39, 0.29) is 0 Å². The highest BCUT2D eigenvalue weighted by Gasteiger charge is 2.02. The van der Waals surface area contributed by atoms with E-state index in [1.54, 1.807) is 0 Å². The van der Waals surface area contributed by atoms with Gasteiger partial charge < -0.3 is 5.32 Å². The summed E-state index contributed by atoms with van der Waals surface area (Å²) in [7, 11) is 0. The summed E-state index contributed by atoms with van der Waals surface area (Å²) in [6.45, 7) is 2.98. The van der Waals surface area contributed by atoms with E-state index in [1.165, 1.54) is 22.3 Å². The van der Waals surface area contributed by atoms with Gasteiger partial charge in [-0.05, 0) is 41.3 Å². The highest BCUT2D eigenvalue weighted by atomic mass is 14.9. The average molecular weight is 299 g/mol. The van der Waals surface area contributed by atoms with Crippen molar-refractivity contribution in [1.29, 1.82) is 0 Å². The molecule has 0 saturated carbocycles. The van der Waals surface area contributed by atoms with Crippen LogP contribution in [0, 0.1) is 6.92 Å². The molecule has 1 N–H and O–H groups in total. The number of anilines is 1. The fourth-order valence-electron chi connectivity index (χ4n) is 2.63. The lowest BCUT2D eigenvalue weighted by Crippen LogP contribution is -2.02. The number of hydrogen-bond donors (Lipinski definition) is 1. The molecule has 0 aliphatic rings. The summed E-state index contributed by atoms with van der Waals surface area (Å²) in [5.41, 5.74) is 6.26. The predicted molar refractivity (Wildman–Crippen MR) is 100 cm³/mol. The molecule has 1 nitrogen and oxygen atoms in total. The fraction of sp³-hybridized carbons (Fsp3) is 0.0909. The van der Waals surface area contributed by atoms with Gasteiger partial charge in [0.25, 0.3) is 0 Å². The molecule has 0 saturated heterocycles. The second-order valence-corrected chi connectivity index (χ2v) is 5.61. The Morgan fingerprint density at radius 1 is 0.739 bits per heavy atom. The van der Waals surface area contributed by atoms with Gasteiger partial charge in [0.15, 0.2) is 0 Å². The number of hydrogen-bond acceptors (Lipinski definition) is 1. The summed E-state index contributed by atoms with van der Waals surface area (Å²) in [5.74, 6) is 0. The van der Waals surface area contributed by atoms with Crippen LogP contribution >= 0.6 is 0 Å². The van der Waals surface area contributed by atoms with E-state index in [1.807, 2.05) is 12.1 Å². The molecular formula is C22H21N. The van der Waals surface area contributed by atoms with Crippen molar-refractivity contribution in [3.63, 3.8) is 0 Å². The molecule has 0 fully saturated rings. The second kappa shape index (κ2) is 7.46. The van der Waals surface area contributed by atoms with Crippen LogP contribution < -0.4 is 5.32 Å². The molecule has 0 aromatic heterocycles. The van der Waals surface area contributed by atoms with Crippen molar-refractivity contribution in [2.24, 2.45) is 0 Å². The van der Waals surface area contributed by atoms with Crippen LogP contribution in [0.2, 0.25) is 0 Å². The van der Waals surface area contributed by atoms with Crippen molar-refractivity contribution in [3.05, 3.63) is 101 Å². The maximum absolute atomic E-state index is 3.49. The molecule has 114 valence electrons. The lowest BCUT2D eigenvalue weighted by atomic mass is 10.0. The minimum absolute atomic E-state index is 0.820. The molecule has 1 heteroatoms. The summed E-state index contributed by atoms with van der Waals surface area (Å²) in [4.78, 5) is 0. The van der Waals surface area contributed by atoms with Crippen LogP contribution in [0.1, 0.15) is 22.3 Å². The molecule has 23 heavy (non-hydrogen) atoms. The zero-order chi connectivity index (χ0) is 15.9. The van der Waals surface area contributed by atoms with Crippen molar-refractivity contribution in [3.8, 4) is 0 Å². The van der Waals surface area contributed by atoms with Crippen LogP contribution in [-0.2, 0) is 6.54 Å². The zero-order valence-corrected chi connectivity index (χ0v) is 13.4. The van der Waals surface area contributed by atoms with Crippen LogP contribution in [-0.4, -0.2) is 0 Å². The van der Waals surface area contributed by atoms with Crippen LogP contribution in [0.4, 0.5) is 5.69 Å². The normalized spacial score (nSPS) is 10.8. The summed E-state index contributed by atoms with van der Waals surface area (Å²) in [5, 5.41) is 3.49. The number of rotatable bonds is 5. The highest BCUT2D eigenvalue weighted by molar-refractivity contribution is 5.73. The van der Waals surface area contributed by atoms with Crippen molar-refractivity contribution in [2.45, 2.75) is 13.5 Å². The van der Waals surface area contributed by atoms with E-state index in [0.717, 1.165) is 12.2 Å². The van der Waals surface area contributed by atoms with Crippen molar-refractivity contribution >= 4 is 17.8 Å². The molecule has 0 spiro atoms. The lowest BCUT2D eigenvalue weighted by molar-refractivity contribution is 1.13. The van der Waals surface area contributed by atoms with Gasteiger partial charge >= 0.3 is 0 Å². The van der Waals surface area contributed by atoms with Crippen LogP contribution in [0.3, 0.4) is 0 Å². The Morgan fingerprint density at radius 2 is 1.43 bits per heavy atom. The first kappa shape index (κ1) is 15.1. The minimum atomic E-state index is 0.820. The van der Waals surface area contributed by atoms with Gasteiger partial charge in [0.05, 0.1) is 0 Å². The Labute approximate surface area is 138 Å². The van der Waals surface area contributed by atoms with Crippen molar-refractivity contribution in [1.82, 2.24) is 0 Å². The summed E-state index contributed by atoms with van der Waals surface area (Å²) in [6, 6.07) is 27.2. The third-order valence-electron chi connectivity index (χ3n) is 3.91. The monoisotopic (exact) mass is 299 g/mol. The van der Waals surface area contributed by atoms with Gasteiger partial charge in [0.2, 0.25) is 0 Å². The SMILES string of the molecule is Cc1cccc(CNc2ccccc2)c1/C=C/c1ccccc1. The molecule has 0 radical (unpaired) electrons.